The number of halogens is 2. The van der Waals surface area contributed by atoms with Crippen molar-refractivity contribution in [3.8, 4) is 0 Å². The van der Waals surface area contributed by atoms with Crippen molar-refractivity contribution in [2.45, 2.75) is 52.1 Å². The minimum atomic E-state index is -2.58. The molecule has 0 aromatic heterocycles. The quantitative estimate of drug-likeness (QED) is 0.789. The first-order chi connectivity index (χ1) is 9.79. The molecule has 0 bridgehead atoms. The van der Waals surface area contributed by atoms with Gasteiger partial charge >= 0.3 is 0 Å². The Morgan fingerprint density at radius 1 is 1.00 bits per heavy atom. The van der Waals surface area contributed by atoms with Crippen LogP contribution in [0.3, 0.4) is 0 Å². The first-order valence-corrected chi connectivity index (χ1v) is 8.38. The maximum Gasteiger partial charge on any atom is 0.275 e. The molecule has 0 aromatic carbocycles. The van der Waals surface area contributed by atoms with Crippen LogP contribution in [0, 0.1) is 5.92 Å². The summed E-state index contributed by atoms with van der Waals surface area (Å²) in [6.07, 6.45) is 0.599. The van der Waals surface area contributed by atoms with E-state index >= 15 is 0 Å². The van der Waals surface area contributed by atoms with Gasteiger partial charge in [0.25, 0.3) is 5.92 Å². The van der Waals surface area contributed by atoms with Crippen LogP contribution in [0.4, 0.5) is 8.78 Å². The largest absolute Gasteiger partial charge is 0.298 e. The predicted molar refractivity (Wildman–Crippen MR) is 82.9 cm³/mol. The lowest BCUT2D eigenvalue weighted by molar-refractivity contribution is -0.135. The number of piperidine rings is 1. The summed E-state index contributed by atoms with van der Waals surface area (Å²) in [5.74, 6) is -2.13. The van der Waals surface area contributed by atoms with Crippen LogP contribution >= 0.6 is 0 Å². The second kappa shape index (κ2) is 6.88. The molecule has 0 N–H and O–H groups in total. The highest BCUT2D eigenvalue weighted by Gasteiger charge is 2.47. The number of alkyl halides is 2. The Bertz CT molecular complexity index is 325. The van der Waals surface area contributed by atoms with Crippen LogP contribution in [-0.4, -0.2) is 78.5 Å². The zero-order valence-corrected chi connectivity index (χ0v) is 14.0. The fourth-order valence-electron chi connectivity index (χ4n) is 3.69. The zero-order chi connectivity index (χ0) is 15.6. The maximum absolute atomic E-state index is 14.5. The van der Waals surface area contributed by atoms with Gasteiger partial charge in [-0.2, -0.15) is 0 Å². The van der Waals surface area contributed by atoms with Gasteiger partial charge in [0.1, 0.15) is 0 Å². The Morgan fingerprint density at radius 3 is 2.10 bits per heavy atom. The molecule has 2 saturated heterocycles. The molecule has 1 unspecified atom stereocenters. The van der Waals surface area contributed by atoms with Crippen molar-refractivity contribution >= 4 is 0 Å². The third kappa shape index (κ3) is 4.36. The van der Waals surface area contributed by atoms with Crippen molar-refractivity contribution in [1.29, 1.82) is 0 Å². The van der Waals surface area contributed by atoms with E-state index in [4.69, 9.17) is 0 Å². The van der Waals surface area contributed by atoms with Crippen molar-refractivity contribution in [3.63, 3.8) is 0 Å². The van der Waals surface area contributed by atoms with Crippen LogP contribution in [0.5, 0.6) is 0 Å². The summed E-state index contributed by atoms with van der Waals surface area (Å²) in [6.45, 7) is 13.5. The molecule has 21 heavy (non-hydrogen) atoms. The van der Waals surface area contributed by atoms with Gasteiger partial charge in [0, 0.05) is 45.3 Å². The summed E-state index contributed by atoms with van der Waals surface area (Å²) in [4.78, 5) is 6.35. The van der Waals surface area contributed by atoms with Crippen LogP contribution in [0.25, 0.3) is 0 Å². The van der Waals surface area contributed by atoms with Gasteiger partial charge in [-0.15, -0.1) is 0 Å². The number of hydrogen-bond donors (Lipinski definition) is 0. The average molecular weight is 303 g/mol. The second-order valence-electron chi connectivity index (χ2n) is 7.36. The Morgan fingerprint density at radius 2 is 1.62 bits per heavy atom. The molecule has 0 aliphatic carbocycles. The number of rotatable bonds is 4. The third-order valence-electron chi connectivity index (χ3n) is 4.78. The molecule has 2 aliphatic heterocycles. The lowest BCUT2D eigenvalue weighted by Gasteiger charge is -2.47. The Hall–Kier alpha value is -0.260. The molecule has 2 heterocycles. The normalized spacial score (nSPS) is 29.4. The highest BCUT2D eigenvalue weighted by Crippen LogP contribution is 2.32. The molecule has 2 rings (SSSR count). The van der Waals surface area contributed by atoms with E-state index in [9.17, 15) is 8.78 Å². The van der Waals surface area contributed by atoms with Crippen molar-refractivity contribution in [2.24, 2.45) is 5.92 Å². The fraction of sp³-hybridized carbons (Fsp3) is 1.00. The van der Waals surface area contributed by atoms with Gasteiger partial charge in [-0.25, -0.2) is 8.78 Å². The number of hydrogen-bond acceptors (Lipinski definition) is 3. The van der Waals surface area contributed by atoms with Crippen LogP contribution in [-0.2, 0) is 0 Å². The van der Waals surface area contributed by atoms with E-state index in [1.807, 2.05) is 9.80 Å². The summed E-state index contributed by atoms with van der Waals surface area (Å²) in [6, 6.07) is -0.0456. The van der Waals surface area contributed by atoms with Crippen LogP contribution < -0.4 is 0 Å². The Kier molecular flexibility index (Phi) is 5.60. The molecular formula is C16H31F2N3. The van der Waals surface area contributed by atoms with Gasteiger partial charge in [-0.3, -0.25) is 14.7 Å². The number of nitrogens with zero attached hydrogens (tertiary/aromatic N) is 3. The van der Waals surface area contributed by atoms with Crippen LogP contribution in [0.15, 0.2) is 0 Å². The minimum Gasteiger partial charge on any atom is -0.298 e. The molecule has 2 aliphatic rings. The summed E-state index contributed by atoms with van der Waals surface area (Å²) in [5, 5.41) is 0. The molecule has 2 fully saturated rings. The number of likely N-dealkylation sites (tertiary alicyclic amines) is 1. The standard InChI is InChI=1S/C16H31F2N3/c1-13(2)11-19-6-5-15(16(17,18)12-19)21-9-7-20(8-10-21)14(3)4/h13-15H,5-12H2,1-4H3. The number of piperazine rings is 1. The van der Waals surface area contributed by atoms with Gasteiger partial charge in [0.15, 0.2) is 0 Å². The third-order valence-corrected chi connectivity index (χ3v) is 4.78. The second-order valence-corrected chi connectivity index (χ2v) is 7.36. The van der Waals surface area contributed by atoms with Crippen molar-refractivity contribution < 1.29 is 8.78 Å². The van der Waals surface area contributed by atoms with Gasteiger partial charge < -0.3 is 0 Å². The van der Waals surface area contributed by atoms with Crippen LogP contribution in [0.1, 0.15) is 34.1 Å². The smallest absolute Gasteiger partial charge is 0.275 e. The summed E-state index contributed by atoms with van der Waals surface area (Å²) in [7, 11) is 0. The van der Waals surface area contributed by atoms with Crippen molar-refractivity contribution in [1.82, 2.24) is 14.7 Å². The van der Waals surface area contributed by atoms with Gasteiger partial charge in [-0.1, -0.05) is 13.8 Å². The predicted octanol–water partition coefficient (Wildman–Crippen LogP) is 2.38. The molecule has 5 heteroatoms. The maximum atomic E-state index is 14.5. The van der Waals surface area contributed by atoms with Gasteiger partial charge in [-0.05, 0) is 26.2 Å². The Labute approximate surface area is 128 Å². The summed E-state index contributed by atoms with van der Waals surface area (Å²) in [5.41, 5.74) is 0. The molecule has 0 radical (unpaired) electrons. The van der Waals surface area contributed by atoms with Crippen molar-refractivity contribution in [2.75, 3.05) is 45.8 Å². The van der Waals surface area contributed by atoms with E-state index in [2.05, 4.69) is 32.6 Å². The molecule has 1 atom stereocenters. The summed E-state index contributed by atoms with van der Waals surface area (Å²) < 4.78 is 29.0. The minimum absolute atomic E-state index is 0.0692. The van der Waals surface area contributed by atoms with Gasteiger partial charge in [0.2, 0.25) is 0 Å². The summed E-state index contributed by atoms with van der Waals surface area (Å²) >= 11 is 0. The Balaban J connectivity index is 1.90. The molecule has 0 aromatic rings. The average Bonchev–Trinajstić information content (AvgIpc) is 2.37. The first kappa shape index (κ1) is 17.1. The monoisotopic (exact) mass is 303 g/mol. The molecule has 0 saturated carbocycles. The van der Waals surface area contributed by atoms with Crippen molar-refractivity contribution in [3.05, 3.63) is 0 Å². The highest BCUT2D eigenvalue weighted by molar-refractivity contribution is 4.95. The lowest BCUT2D eigenvalue weighted by Crippen LogP contribution is -2.62. The van der Waals surface area contributed by atoms with E-state index in [-0.39, 0.29) is 6.54 Å². The molecule has 0 spiro atoms. The zero-order valence-electron chi connectivity index (χ0n) is 14.0. The SMILES string of the molecule is CC(C)CN1CCC(N2CCN(C(C)C)CC2)C(F)(F)C1. The van der Waals surface area contributed by atoms with E-state index in [0.29, 0.717) is 18.4 Å². The van der Waals surface area contributed by atoms with Crippen LogP contribution in [0.2, 0.25) is 0 Å². The van der Waals surface area contributed by atoms with E-state index in [0.717, 1.165) is 39.3 Å². The highest BCUT2D eigenvalue weighted by atomic mass is 19.3. The first-order valence-electron chi connectivity index (χ1n) is 8.38. The molecular weight excluding hydrogens is 272 g/mol. The fourth-order valence-corrected chi connectivity index (χ4v) is 3.69. The van der Waals surface area contributed by atoms with E-state index in [1.165, 1.54) is 0 Å². The molecule has 124 valence electrons. The topological polar surface area (TPSA) is 9.72 Å². The van der Waals surface area contributed by atoms with E-state index < -0.39 is 12.0 Å². The lowest BCUT2D eigenvalue weighted by atomic mass is 9.97. The molecule has 0 amide bonds. The molecule has 3 nitrogen and oxygen atoms in total. The van der Waals surface area contributed by atoms with Gasteiger partial charge in [0.05, 0.1) is 12.6 Å². The van der Waals surface area contributed by atoms with E-state index in [1.54, 1.807) is 0 Å².